The van der Waals surface area contributed by atoms with Crippen molar-refractivity contribution in [3.8, 4) is 0 Å². The first-order chi connectivity index (χ1) is 8.78. The van der Waals surface area contributed by atoms with Crippen LogP contribution in [0.3, 0.4) is 0 Å². The minimum atomic E-state index is -0.299. The molecule has 1 unspecified atom stereocenters. The van der Waals surface area contributed by atoms with E-state index in [4.69, 9.17) is 10.3 Å². The zero-order valence-corrected chi connectivity index (χ0v) is 10.5. The second kappa shape index (κ2) is 4.53. The van der Waals surface area contributed by atoms with Crippen LogP contribution in [-0.4, -0.2) is 10.1 Å². The molecule has 94 valence electrons. The number of aryl methyl sites for hydroxylation is 1. The van der Waals surface area contributed by atoms with Crippen LogP contribution in [0.5, 0.6) is 0 Å². The van der Waals surface area contributed by atoms with Crippen molar-refractivity contribution in [3.63, 3.8) is 0 Å². The van der Waals surface area contributed by atoms with Crippen molar-refractivity contribution in [2.24, 2.45) is 5.73 Å². The largest absolute Gasteiger partial charge is 0.339 e. The zero-order valence-electron chi connectivity index (χ0n) is 10.5. The first-order valence-corrected chi connectivity index (χ1v) is 6.46. The Bertz CT molecular complexity index is 528. The molecule has 1 fully saturated rings. The van der Waals surface area contributed by atoms with E-state index in [0.29, 0.717) is 11.7 Å². The first-order valence-electron chi connectivity index (χ1n) is 6.46. The number of aromatic nitrogens is 2. The third kappa shape index (κ3) is 2.16. The fraction of sp³-hybridized carbons (Fsp3) is 0.429. The monoisotopic (exact) mass is 243 g/mol. The van der Waals surface area contributed by atoms with Crippen molar-refractivity contribution in [2.75, 3.05) is 0 Å². The smallest absolute Gasteiger partial charge is 0.229 e. The summed E-state index contributed by atoms with van der Waals surface area (Å²) in [5.74, 6) is 1.80. The lowest BCUT2D eigenvalue weighted by molar-refractivity contribution is 0.372. The van der Waals surface area contributed by atoms with Gasteiger partial charge in [0.05, 0.1) is 6.04 Å². The topological polar surface area (TPSA) is 64.9 Å². The highest BCUT2D eigenvalue weighted by molar-refractivity contribution is 5.28. The Hall–Kier alpha value is -1.68. The molecule has 1 aliphatic rings. The predicted octanol–water partition coefficient (Wildman–Crippen LogP) is 2.56. The molecule has 3 rings (SSSR count). The molecule has 0 radical (unpaired) electrons. The van der Waals surface area contributed by atoms with Crippen LogP contribution >= 0.6 is 0 Å². The standard InChI is InChI=1S/C14H17N3O/c1-2-9-3-5-10(6-4-9)12(15)13-16-14(18-17-13)11-7-8-11/h3-6,11-12H,2,7-8,15H2,1H3. The zero-order chi connectivity index (χ0) is 12.5. The van der Waals surface area contributed by atoms with Gasteiger partial charge in [-0.25, -0.2) is 0 Å². The Morgan fingerprint density at radius 1 is 1.33 bits per heavy atom. The van der Waals surface area contributed by atoms with Gasteiger partial charge in [-0.2, -0.15) is 4.98 Å². The van der Waals surface area contributed by atoms with Crippen molar-refractivity contribution in [1.82, 2.24) is 10.1 Å². The predicted molar refractivity (Wildman–Crippen MR) is 68.1 cm³/mol. The molecule has 0 spiro atoms. The summed E-state index contributed by atoms with van der Waals surface area (Å²) in [5, 5.41) is 3.99. The van der Waals surface area contributed by atoms with Crippen molar-refractivity contribution >= 4 is 0 Å². The van der Waals surface area contributed by atoms with Gasteiger partial charge in [0.2, 0.25) is 5.89 Å². The Kier molecular flexibility index (Phi) is 2.88. The van der Waals surface area contributed by atoms with E-state index in [1.54, 1.807) is 0 Å². The molecule has 0 amide bonds. The molecule has 0 bridgehead atoms. The van der Waals surface area contributed by atoms with Crippen molar-refractivity contribution in [3.05, 3.63) is 47.1 Å². The number of nitrogens with zero attached hydrogens (tertiary/aromatic N) is 2. The van der Waals surface area contributed by atoms with Gasteiger partial charge in [-0.05, 0) is 30.4 Å². The Morgan fingerprint density at radius 2 is 2.06 bits per heavy atom. The van der Waals surface area contributed by atoms with Gasteiger partial charge in [-0.1, -0.05) is 36.3 Å². The number of hydrogen-bond acceptors (Lipinski definition) is 4. The lowest BCUT2D eigenvalue weighted by Crippen LogP contribution is -2.13. The van der Waals surface area contributed by atoms with E-state index < -0.39 is 0 Å². The van der Waals surface area contributed by atoms with Gasteiger partial charge in [0.1, 0.15) is 0 Å². The minimum absolute atomic E-state index is 0.299. The molecule has 1 atom stereocenters. The van der Waals surface area contributed by atoms with Crippen molar-refractivity contribution in [1.29, 1.82) is 0 Å². The summed E-state index contributed by atoms with van der Waals surface area (Å²) in [6, 6.07) is 7.97. The van der Waals surface area contributed by atoms with E-state index in [2.05, 4.69) is 29.2 Å². The van der Waals surface area contributed by atoms with E-state index in [0.717, 1.165) is 30.7 Å². The summed E-state index contributed by atoms with van der Waals surface area (Å²) in [4.78, 5) is 4.39. The van der Waals surface area contributed by atoms with E-state index >= 15 is 0 Å². The van der Waals surface area contributed by atoms with E-state index in [1.807, 2.05) is 12.1 Å². The second-order valence-corrected chi connectivity index (χ2v) is 4.84. The molecule has 1 saturated carbocycles. The summed E-state index contributed by atoms with van der Waals surface area (Å²) < 4.78 is 5.23. The van der Waals surface area contributed by atoms with Gasteiger partial charge in [0, 0.05) is 5.92 Å². The lowest BCUT2D eigenvalue weighted by Gasteiger charge is -2.07. The van der Waals surface area contributed by atoms with Gasteiger partial charge in [-0.15, -0.1) is 0 Å². The summed E-state index contributed by atoms with van der Waals surface area (Å²) in [6.45, 7) is 2.13. The minimum Gasteiger partial charge on any atom is -0.339 e. The average Bonchev–Trinajstić information content (AvgIpc) is 3.16. The molecule has 1 aromatic heterocycles. The highest BCUT2D eigenvalue weighted by Gasteiger charge is 2.30. The molecular weight excluding hydrogens is 226 g/mol. The summed E-state index contributed by atoms with van der Waals surface area (Å²) >= 11 is 0. The van der Waals surface area contributed by atoms with Crippen LogP contribution < -0.4 is 5.73 Å². The van der Waals surface area contributed by atoms with E-state index in [1.165, 1.54) is 5.56 Å². The maximum atomic E-state index is 6.16. The normalized spacial score (nSPS) is 16.8. The van der Waals surface area contributed by atoms with Gasteiger partial charge >= 0.3 is 0 Å². The highest BCUT2D eigenvalue weighted by atomic mass is 16.5. The number of hydrogen-bond donors (Lipinski definition) is 1. The fourth-order valence-electron chi connectivity index (χ4n) is 1.98. The highest BCUT2D eigenvalue weighted by Crippen LogP contribution is 2.39. The van der Waals surface area contributed by atoms with Crippen LogP contribution in [0, 0.1) is 0 Å². The quantitative estimate of drug-likeness (QED) is 0.896. The third-order valence-electron chi connectivity index (χ3n) is 3.41. The van der Waals surface area contributed by atoms with Crippen LogP contribution in [0.25, 0.3) is 0 Å². The van der Waals surface area contributed by atoms with Crippen LogP contribution in [0.2, 0.25) is 0 Å². The number of benzene rings is 1. The number of rotatable bonds is 4. The maximum absolute atomic E-state index is 6.16. The third-order valence-corrected chi connectivity index (χ3v) is 3.41. The van der Waals surface area contributed by atoms with Crippen LogP contribution in [0.15, 0.2) is 28.8 Å². The molecule has 4 heteroatoms. The SMILES string of the molecule is CCc1ccc(C(N)c2noc(C3CC3)n2)cc1. The van der Waals surface area contributed by atoms with Gasteiger partial charge in [0.15, 0.2) is 5.82 Å². The first kappa shape index (κ1) is 11.4. The van der Waals surface area contributed by atoms with Crippen molar-refractivity contribution in [2.45, 2.75) is 38.1 Å². The van der Waals surface area contributed by atoms with Gasteiger partial charge < -0.3 is 10.3 Å². The lowest BCUT2D eigenvalue weighted by atomic mass is 10.0. The molecule has 2 aromatic rings. The summed E-state index contributed by atoms with van der Waals surface area (Å²) in [5.41, 5.74) is 8.48. The van der Waals surface area contributed by atoms with Crippen LogP contribution in [0.4, 0.5) is 0 Å². The van der Waals surface area contributed by atoms with Gasteiger partial charge in [0.25, 0.3) is 0 Å². The second-order valence-electron chi connectivity index (χ2n) is 4.84. The molecule has 2 N–H and O–H groups in total. The average molecular weight is 243 g/mol. The molecule has 0 saturated heterocycles. The Labute approximate surface area is 106 Å². The fourth-order valence-corrected chi connectivity index (χ4v) is 1.98. The Balaban J connectivity index is 1.80. The summed E-state index contributed by atoms with van der Waals surface area (Å²) in [7, 11) is 0. The molecular formula is C14H17N3O. The Morgan fingerprint density at radius 3 is 2.67 bits per heavy atom. The van der Waals surface area contributed by atoms with E-state index in [-0.39, 0.29) is 6.04 Å². The van der Waals surface area contributed by atoms with Crippen LogP contribution in [0.1, 0.15) is 54.6 Å². The molecule has 18 heavy (non-hydrogen) atoms. The molecule has 4 nitrogen and oxygen atoms in total. The summed E-state index contributed by atoms with van der Waals surface area (Å²) in [6.07, 6.45) is 3.34. The molecule has 0 aliphatic heterocycles. The van der Waals surface area contributed by atoms with Crippen LogP contribution in [-0.2, 0) is 6.42 Å². The van der Waals surface area contributed by atoms with E-state index in [9.17, 15) is 0 Å². The molecule has 1 aliphatic carbocycles. The number of nitrogens with two attached hydrogens (primary N) is 1. The molecule has 1 aromatic carbocycles. The van der Waals surface area contributed by atoms with Crippen molar-refractivity contribution < 1.29 is 4.52 Å². The maximum Gasteiger partial charge on any atom is 0.229 e. The van der Waals surface area contributed by atoms with Gasteiger partial charge in [-0.3, -0.25) is 0 Å². The molecule has 1 heterocycles.